The molecule has 0 N–H and O–H groups in total. The lowest BCUT2D eigenvalue weighted by Gasteiger charge is -2.23. The third-order valence-electron chi connectivity index (χ3n) is 5.31. The van der Waals surface area contributed by atoms with Gasteiger partial charge in [0.05, 0.1) is 17.8 Å². The van der Waals surface area contributed by atoms with Crippen LogP contribution in [0.2, 0.25) is 0 Å². The molecule has 3 rings (SSSR count). The molecule has 1 heterocycles. The fourth-order valence-electron chi connectivity index (χ4n) is 3.91. The molecule has 2 unspecified atom stereocenters. The van der Waals surface area contributed by atoms with Crippen molar-refractivity contribution < 1.29 is 24.1 Å². The van der Waals surface area contributed by atoms with Gasteiger partial charge in [-0.25, -0.2) is 4.79 Å². The van der Waals surface area contributed by atoms with Gasteiger partial charge >= 0.3 is 5.97 Å². The van der Waals surface area contributed by atoms with Crippen LogP contribution >= 0.6 is 0 Å². The molecule has 8 heteroatoms. The molecule has 0 aromatic rings. The third-order valence-corrected chi connectivity index (χ3v) is 5.31. The standard InChI is InChI=1S/C15H20N2O6/c18-13-11-3-1-2-4-12(11)14(19)16(13)23-15(20)9-5-7-10(8-6-9)17(21)22/h9-12H,1-8H2. The van der Waals surface area contributed by atoms with Crippen molar-refractivity contribution in [3.63, 3.8) is 0 Å². The second-order valence-corrected chi connectivity index (χ2v) is 6.67. The molecule has 0 aromatic carbocycles. The first kappa shape index (κ1) is 15.9. The molecule has 126 valence electrons. The zero-order chi connectivity index (χ0) is 16.6. The van der Waals surface area contributed by atoms with Gasteiger partial charge in [0.1, 0.15) is 0 Å². The Labute approximate surface area is 133 Å². The molecule has 1 aliphatic heterocycles. The van der Waals surface area contributed by atoms with Gasteiger partial charge < -0.3 is 4.84 Å². The van der Waals surface area contributed by atoms with Crippen LogP contribution in [0.15, 0.2) is 0 Å². The van der Waals surface area contributed by atoms with Crippen molar-refractivity contribution in [2.45, 2.75) is 57.4 Å². The van der Waals surface area contributed by atoms with Gasteiger partial charge in [0, 0.05) is 17.8 Å². The summed E-state index contributed by atoms with van der Waals surface area (Å²) in [4.78, 5) is 52.2. The van der Waals surface area contributed by atoms with Gasteiger partial charge in [0.2, 0.25) is 6.04 Å². The fraction of sp³-hybridized carbons (Fsp3) is 0.800. The highest BCUT2D eigenvalue weighted by atomic mass is 16.7. The Bertz CT molecular complexity index is 516. The highest BCUT2D eigenvalue weighted by Gasteiger charge is 2.51. The molecule has 2 amide bonds. The zero-order valence-corrected chi connectivity index (χ0v) is 12.8. The summed E-state index contributed by atoms with van der Waals surface area (Å²) in [6.07, 6.45) is 4.50. The number of imide groups is 1. The van der Waals surface area contributed by atoms with E-state index < -0.39 is 29.7 Å². The van der Waals surface area contributed by atoms with E-state index in [1.165, 1.54) is 0 Å². The largest absolute Gasteiger partial charge is 0.336 e. The predicted molar refractivity (Wildman–Crippen MR) is 76.1 cm³/mol. The first-order chi connectivity index (χ1) is 11.0. The van der Waals surface area contributed by atoms with Crippen molar-refractivity contribution in [3.8, 4) is 0 Å². The van der Waals surface area contributed by atoms with Crippen LogP contribution in [0.1, 0.15) is 51.4 Å². The number of carbonyl (C=O) groups excluding carboxylic acids is 3. The number of fused-ring (bicyclic) bond motifs is 1. The van der Waals surface area contributed by atoms with Crippen LogP contribution in [0.5, 0.6) is 0 Å². The number of nitro groups is 1. The smallest absolute Gasteiger partial charge is 0.330 e. The molecule has 1 saturated heterocycles. The molecule has 0 radical (unpaired) electrons. The summed E-state index contributed by atoms with van der Waals surface area (Å²) in [5.74, 6) is -2.62. The second kappa shape index (κ2) is 6.25. The van der Waals surface area contributed by atoms with Gasteiger partial charge in [-0.05, 0) is 25.7 Å². The van der Waals surface area contributed by atoms with E-state index in [1.807, 2.05) is 0 Å². The number of amides is 2. The lowest BCUT2D eigenvalue weighted by Crippen LogP contribution is -2.38. The first-order valence-electron chi connectivity index (χ1n) is 8.22. The maximum absolute atomic E-state index is 12.2. The first-order valence-corrected chi connectivity index (χ1v) is 8.22. The van der Waals surface area contributed by atoms with Gasteiger partial charge in [0.25, 0.3) is 11.8 Å². The van der Waals surface area contributed by atoms with Crippen molar-refractivity contribution >= 4 is 17.8 Å². The Hall–Kier alpha value is -1.99. The fourth-order valence-corrected chi connectivity index (χ4v) is 3.91. The molecule has 8 nitrogen and oxygen atoms in total. The molecule has 0 spiro atoms. The van der Waals surface area contributed by atoms with E-state index >= 15 is 0 Å². The van der Waals surface area contributed by atoms with Gasteiger partial charge in [0.15, 0.2) is 0 Å². The molecule has 3 aliphatic rings. The number of hydrogen-bond acceptors (Lipinski definition) is 6. The average Bonchev–Trinajstić information content (AvgIpc) is 2.80. The van der Waals surface area contributed by atoms with Crippen molar-refractivity contribution in [1.29, 1.82) is 0 Å². The maximum Gasteiger partial charge on any atom is 0.336 e. The quantitative estimate of drug-likeness (QED) is 0.442. The molecule has 2 saturated carbocycles. The van der Waals surface area contributed by atoms with Crippen LogP contribution in [-0.4, -0.2) is 33.8 Å². The normalized spacial score (nSPS) is 34.2. The molecule has 2 aliphatic carbocycles. The summed E-state index contributed by atoms with van der Waals surface area (Å²) in [6.45, 7) is 0. The van der Waals surface area contributed by atoms with Crippen LogP contribution in [0.3, 0.4) is 0 Å². The Balaban J connectivity index is 1.59. The van der Waals surface area contributed by atoms with Crippen molar-refractivity contribution in [2.24, 2.45) is 17.8 Å². The van der Waals surface area contributed by atoms with Crippen LogP contribution < -0.4 is 0 Å². The zero-order valence-electron chi connectivity index (χ0n) is 12.8. The summed E-state index contributed by atoms with van der Waals surface area (Å²) in [5, 5.41) is 11.4. The number of rotatable bonds is 3. The topological polar surface area (TPSA) is 107 Å². The molecular formula is C15H20N2O6. The average molecular weight is 324 g/mol. The lowest BCUT2D eigenvalue weighted by atomic mass is 9.81. The van der Waals surface area contributed by atoms with E-state index in [1.54, 1.807) is 0 Å². The minimum atomic E-state index is -0.618. The van der Waals surface area contributed by atoms with E-state index in [4.69, 9.17) is 4.84 Å². The van der Waals surface area contributed by atoms with Gasteiger partial charge in [-0.1, -0.05) is 12.8 Å². The summed E-state index contributed by atoms with van der Waals surface area (Å²) in [6, 6.07) is -0.614. The van der Waals surface area contributed by atoms with Crippen LogP contribution in [0.25, 0.3) is 0 Å². The molecule has 0 bridgehead atoms. The van der Waals surface area contributed by atoms with Crippen LogP contribution in [0, 0.1) is 27.9 Å². The number of nitrogens with zero attached hydrogens (tertiary/aromatic N) is 2. The van der Waals surface area contributed by atoms with Gasteiger partial charge in [-0.2, -0.15) is 0 Å². The minimum Gasteiger partial charge on any atom is -0.330 e. The van der Waals surface area contributed by atoms with Crippen LogP contribution in [0.4, 0.5) is 0 Å². The summed E-state index contributed by atoms with van der Waals surface area (Å²) in [5.41, 5.74) is 0. The number of hydrogen-bond donors (Lipinski definition) is 0. The van der Waals surface area contributed by atoms with E-state index in [0.717, 1.165) is 12.8 Å². The molecular weight excluding hydrogens is 304 g/mol. The van der Waals surface area contributed by atoms with Crippen LogP contribution in [-0.2, 0) is 19.2 Å². The van der Waals surface area contributed by atoms with Crippen molar-refractivity contribution in [3.05, 3.63) is 10.1 Å². The molecule has 23 heavy (non-hydrogen) atoms. The Morgan fingerprint density at radius 2 is 1.52 bits per heavy atom. The molecule has 3 fully saturated rings. The predicted octanol–water partition coefficient (Wildman–Crippen LogP) is 1.46. The third kappa shape index (κ3) is 2.94. The Morgan fingerprint density at radius 3 is 2.00 bits per heavy atom. The van der Waals surface area contributed by atoms with E-state index in [2.05, 4.69) is 0 Å². The van der Waals surface area contributed by atoms with Crippen molar-refractivity contribution in [1.82, 2.24) is 5.06 Å². The highest BCUT2D eigenvalue weighted by molar-refractivity contribution is 6.04. The summed E-state index contributed by atoms with van der Waals surface area (Å²) < 4.78 is 0. The monoisotopic (exact) mass is 324 g/mol. The SMILES string of the molecule is O=C(ON1C(=O)C2CCCCC2C1=O)C1CCC([N+](=O)[O-])CC1. The van der Waals surface area contributed by atoms with E-state index in [0.29, 0.717) is 43.6 Å². The molecule has 0 aromatic heterocycles. The van der Waals surface area contributed by atoms with Crippen molar-refractivity contribution in [2.75, 3.05) is 0 Å². The summed E-state index contributed by atoms with van der Waals surface area (Å²) in [7, 11) is 0. The highest BCUT2D eigenvalue weighted by Crippen LogP contribution is 2.38. The summed E-state index contributed by atoms with van der Waals surface area (Å²) >= 11 is 0. The second-order valence-electron chi connectivity index (χ2n) is 6.67. The minimum absolute atomic E-state index is 0.319. The van der Waals surface area contributed by atoms with E-state index in [9.17, 15) is 24.5 Å². The van der Waals surface area contributed by atoms with E-state index in [-0.39, 0.29) is 16.8 Å². The Kier molecular flexibility index (Phi) is 4.32. The van der Waals surface area contributed by atoms with Gasteiger partial charge in [-0.15, -0.1) is 5.06 Å². The Morgan fingerprint density at radius 1 is 1.00 bits per heavy atom. The maximum atomic E-state index is 12.2. The number of hydroxylamine groups is 2. The molecule has 2 atom stereocenters. The number of carbonyl (C=O) groups is 3. The van der Waals surface area contributed by atoms with Gasteiger partial charge in [-0.3, -0.25) is 19.7 Å². The lowest BCUT2D eigenvalue weighted by molar-refractivity contribution is -0.526.